The largest absolute Gasteiger partial charge is 0.508 e. The van der Waals surface area contributed by atoms with Gasteiger partial charge in [0.05, 0.1) is 34.1 Å². The highest BCUT2D eigenvalue weighted by Crippen LogP contribution is 2.82. The summed E-state index contributed by atoms with van der Waals surface area (Å²) in [6, 6.07) is 34.5. The van der Waals surface area contributed by atoms with Crippen LogP contribution in [0.1, 0.15) is 0 Å². The molecule has 0 aromatic heterocycles. The van der Waals surface area contributed by atoms with E-state index in [2.05, 4.69) is 60.0 Å². The molecule has 0 unspecified atom stereocenters. The second-order valence-electron chi connectivity index (χ2n) is 12.1. The van der Waals surface area contributed by atoms with Crippen LogP contribution in [0.25, 0.3) is 0 Å². The molecule has 6 aromatic rings. The van der Waals surface area contributed by atoms with Crippen LogP contribution in [0.15, 0.2) is 219 Å². The van der Waals surface area contributed by atoms with E-state index in [1.165, 1.54) is 146 Å². The minimum atomic E-state index is -4.23. The first-order chi connectivity index (χ1) is 29.0. The molecular formula is C36H30N15O6P3. The maximum Gasteiger partial charge on any atom is 0.348 e. The summed E-state index contributed by atoms with van der Waals surface area (Å²) in [5, 5.41) is 86.1. The van der Waals surface area contributed by atoms with Crippen molar-refractivity contribution in [2.24, 2.45) is 73.5 Å². The quantitative estimate of drug-likeness (QED) is 0.0513. The third-order valence-electron chi connectivity index (χ3n) is 7.50. The van der Waals surface area contributed by atoms with Crippen molar-refractivity contribution in [1.82, 2.24) is 0 Å². The van der Waals surface area contributed by atoms with E-state index in [0.717, 1.165) is 0 Å². The van der Waals surface area contributed by atoms with Crippen LogP contribution in [0.4, 0.5) is 34.1 Å². The van der Waals surface area contributed by atoms with Crippen molar-refractivity contribution in [1.29, 1.82) is 0 Å². The van der Waals surface area contributed by atoms with Gasteiger partial charge in [-0.1, -0.05) is 0 Å². The molecule has 0 bridgehead atoms. The summed E-state index contributed by atoms with van der Waals surface area (Å²) < 4.78 is 14.7. The Morgan fingerprint density at radius 3 is 0.500 bits per heavy atom. The summed E-state index contributed by atoms with van der Waals surface area (Å²) in [6.45, 7) is 0. The highest BCUT2D eigenvalue weighted by Gasteiger charge is 2.41. The molecule has 6 N–H and O–H groups in total. The fraction of sp³-hybridized carbons (Fsp3) is 0. The first-order valence-corrected chi connectivity index (χ1v) is 22.0. The minimum Gasteiger partial charge on any atom is -0.508 e. The predicted molar refractivity (Wildman–Crippen MR) is 224 cm³/mol. The van der Waals surface area contributed by atoms with Gasteiger partial charge in [0.2, 0.25) is 0 Å². The zero-order valence-corrected chi connectivity index (χ0v) is 33.3. The van der Waals surface area contributed by atoms with E-state index < -0.39 is 22.5 Å². The van der Waals surface area contributed by atoms with E-state index in [1.54, 1.807) is 0 Å². The molecule has 0 saturated heterocycles. The van der Waals surface area contributed by atoms with E-state index in [4.69, 9.17) is 13.5 Å². The summed E-state index contributed by atoms with van der Waals surface area (Å²) in [6.07, 6.45) is 0. The smallest absolute Gasteiger partial charge is 0.348 e. The van der Waals surface area contributed by atoms with Crippen LogP contribution < -0.4 is 0 Å². The normalized spacial score (nSPS) is 20.6. The minimum absolute atomic E-state index is 0.0280. The van der Waals surface area contributed by atoms with E-state index in [9.17, 15) is 30.6 Å². The highest BCUT2D eigenvalue weighted by atomic mass is 31.3. The Morgan fingerprint density at radius 1 is 0.233 bits per heavy atom. The van der Waals surface area contributed by atoms with Crippen molar-refractivity contribution >= 4 is 56.6 Å². The van der Waals surface area contributed by atoms with Gasteiger partial charge in [-0.05, 0) is 146 Å². The SMILES string of the molecule is Oc1ccc(N=NP2(N=Nc3ccc(O)cc3)=NP(N=Nc3ccc(O)cc3)(N=Nc3ccc(O)cc3)=NP(N=Nc3ccc(O)cc3)(N=Nc3ccc(O)cc3)=N2)cc1. The van der Waals surface area contributed by atoms with Crippen molar-refractivity contribution in [2.45, 2.75) is 0 Å². The first kappa shape index (κ1) is 40.6. The molecule has 0 radical (unpaired) electrons. The molecule has 1 aliphatic heterocycles. The second-order valence-corrected chi connectivity index (χ2v) is 18.6. The topological polar surface area (TPSA) is 307 Å². The van der Waals surface area contributed by atoms with Crippen LogP contribution >= 0.6 is 22.5 Å². The summed E-state index contributed by atoms with van der Waals surface area (Å²) in [7, 11) is -12.7. The summed E-state index contributed by atoms with van der Waals surface area (Å²) >= 11 is 0. The second kappa shape index (κ2) is 17.9. The molecule has 24 heteroatoms. The fourth-order valence-electron chi connectivity index (χ4n) is 4.59. The lowest BCUT2D eigenvalue weighted by Gasteiger charge is -2.21. The number of phenols is 6. The lowest BCUT2D eigenvalue weighted by atomic mass is 10.3. The van der Waals surface area contributed by atoms with Crippen molar-refractivity contribution in [3.8, 4) is 34.5 Å². The van der Waals surface area contributed by atoms with E-state index >= 15 is 0 Å². The van der Waals surface area contributed by atoms with E-state index in [-0.39, 0.29) is 68.6 Å². The Hall–Kier alpha value is -7.59. The lowest BCUT2D eigenvalue weighted by Crippen LogP contribution is -1.82. The van der Waals surface area contributed by atoms with Gasteiger partial charge in [-0.3, -0.25) is 0 Å². The number of rotatable bonds is 12. The van der Waals surface area contributed by atoms with Gasteiger partial charge in [0.1, 0.15) is 34.5 Å². The number of hydrogen-bond acceptors (Lipinski definition) is 21. The maximum absolute atomic E-state index is 9.96. The van der Waals surface area contributed by atoms with Crippen LogP contribution in [0, 0.1) is 0 Å². The van der Waals surface area contributed by atoms with Crippen molar-refractivity contribution < 1.29 is 30.6 Å². The number of phenolic OH excluding ortho intramolecular Hbond substituents is 6. The molecule has 7 rings (SSSR count). The molecule has 0 aliphatic carbocycles. The van der Waals surface area contributed by atoms with Crippen molar-refractivity contribution in [3.05, 3.63) is 146 Å². The molecule has 1 heterocycles. The fourth-order valence-corrected chi connectivity index (χ4v) is 13.0. The standard InChI is InChI=1S/C36H30N15O6P3/c52-31-13-1-25(2-14-31)37-43-58(44-38-26-3-15-32(53)16-4-26)49-59(45-39-27-5-17-33(54)18-6-27,46-40-28-7-19-34(55)20-8-28)51-60(50-58,47-41-29-9-21-35(56)22-10-29)48-42-30-11-23-36(57)24-12-30/h1-24,52-57H. The molecule has 0 amide bonds. The summed E-state index contributed by atoms with van der Waals surface area (Å²) in [5.74, 6) is -0.168. The van der Waals surface area contributed by atoms with Crippen LogP contribution in [0.2, 0.25) is 0 Å². The molecule has 0 saturated carbocycles. The number of nitrogens with zero attached hydrogens (tertiary/aromatic N) is 15. The van der Waals surface area contributed by atoms with Crippen molar-refractivity contribution in [2.75, 3.05) is 0 Å². The molecule has 21 nitrogen and oxygen atoms in total. The Bertz CT molecular complexity index is 2330. The van der Waals surface area contributed by atoms with Gasteiger partial charge in [0.25, 0.3) is 0 Å². The lowest BCUT2D eigenvalue weighted by molar-refractivity contribution is 0.475. The van der Waals surface area contributed by atoms with Gasteiger partial charge in [0.15, 0.2) is 0 Å². The summed E-state index contributed by atoms with van der Waals surface area (Å²) in [5.41, 5.74) is 1.50. The zero-order valence-electron chi connectivity index (χ0n) is 30.6. The summed E-state index contributed by atoms with van der Waals surface area (Å²) in [4.78, 5) is 27.4. The van der Waals surface area contributed by atoms with E-state index in [0.29, 0.717) is 0 Å². The molecule has 0 spiro atoms. The van der Waals surface area contributed by atoms with Gasteiger partial charge in [-0.2, -0.15) is 13.5 Å². The Labute approximate surface area is 340 Å². The molecule has 60 heavy (non-hydrogen) atoms. The van der Waals surface area contributed by atoms with Crippen LogP contribution in [-0.4, -0.2) is 30.6 Å². The molecule has 0 fully saturated rings. The molecule has 0 atom stereocenters. The van der Waals surface area contributed by atoms with Crippen LogP contribution in [0.5, 0.6) is 34.5 Å². The van der Waals surface area contributed by atoms with Crippen LogP contribution in [0.3, 0.4) is 0 Å². The predicted octanol–water partition coefficient (Wildman–Crippen LogP) is 14.8. The van der Waals surface area contributed by atoms with E-state index in [1.807, 2.05) is 0 Å². The third kappa shape index (κ3) is 10.9. The van der Waals surface area contributed by atoms with Crippen LogP contribution in [-0.2, 0) is 0 Å². The molecule has 1 aliphatic rings. The number of hydrogen-bond donors (Lipinski definition) is 6. The van der Waals surface area contributed by atoms with Crippen molar-refractivity contribution in [3.63, 3.8) is 0 Å². The first-order valence-electron chi connectivity index (χ1n) is 17.2. The van der Waals surface area contributed by atoms with Gasteiger partial charge in [0, 0.05) is 0 Å². The zero-order chi connectivity index (χ0) is 42.0. The third-order valence-corrected chi connectivity index (χ3v) is 15.2. The molecule has 300 valence electrons. The van der Waals surface area contributed by atoms with Gasteiger partial charge >= 0.3 is 22.5 Å². The molecular weight excluding hydrogens is 831 g/mol. The highest BCUT2D eigenvalue weighted by molar-refractivity contribution is 7.84. The monoisotopic (exact) mass is 861 g/mol. The molecule has 6 aromatic carbocycles. The van der Waals surface area contributed by atoms with Gasteiger partial charge in [-0.15, -0.1) is 60.0 Å². The Balaban J connectivity index is 1.59. The average molecular weight is 862 g/mol. The maximum atomic E-state index is 9.96. The average Bonchev–Trinajstić information content (AvgIpc) is 3.25. The number of aromatic hydroxyl groups is 6. The Kier molecular flexibility index (Phi) is 12.1. The Morgan fingerprint density at radius 2 is 0.367 bits per heavy atom. The van der Waals surface area contributed by atoms with Gasteiger partial charge in [-0.25, -0.2) is 0 Å². The van der Waals surface area contributed by atoms with Gasteiger partial charge < -0.3 is 30.6 Å². The number of benzene rings is 6.